The molecule has 0 saturated heterocycles. The van der Waals surface area contributed by atoms with Crippen molar-refractivity contribution in [1.29, 1.82) is 0 Å². The first-order chi connectivity index (χ1) is 14.2. The topological polar surface area (TPSA) is 102 Å². The lowest BCUT2D eigenvalue weighted by Gasteiger charge is -2.19. The summed E-state index contributed by atoms with van der Waals surface area (Å²) in [6.07, 6.45) is 0.0348. The number of benzene rings is 2. The fourth-order valence-electron chi connectivity index (χ4n) is 3.16. The van der Waals surface area contributed by atoms with Crippen LogP contribution in [0, 0.1) is 0 Å². The van der Waals surface area contributed by atoms with Crippen LogP contribution in [0.15, 0.2) is 42.5 Å². The molecular weight excluding hydrogens is 384 g/mol. The highest BCUT2D eigenvalue weighted by atomic mass is 16.6. The summed E-state index contributed by atoms with van der Waals surface area (Å²) in [5.41, 5.74) is 1.71. The largest absolute Gasteiger partial charge is 0.444 e. The smallest absolute Gasteiger partial charge is 0.407 e. The quantitative estimate of drug-likeness (QED) is 0.583. The van der Waals surface area contributed by atoms with E-state index in [0.29, 0.717) is 47.3 Å². The Balaban J connectivity index is 1.61. The molecule has 0 fully saturated rings. The van der Waals surface area contributed by atoms with Crippen LogP contribution in [0.4, 0.5) is 4.79 Å². The van der Waals surface area contributed by atoms with Gasteiger partial charge in [0.25, 0.3) is 5.91 Å². The van der Waals surface area contributed by atoms with E-state index in [-0.39, 0.29) is 5.91 Å². The van der Waals surface area contributed by atoms with Gasteiger partial charge in [0.1, 0.15) is 5.60 Å². The maximum Gasteiger partial charge on any atom is 0.407 e. The number of ether oxygens (including phenoxy) is 1. The number of rotatable bonds is 5. The third-order valence-corrected chi connectivity index (χ3v) is 4.50. The van der Waals surface area contributed by atoms with E-state index in [1.807, 2.05) is 0 Å². The highest BCUT2D eigenvalue weighted by Gasteiger charge is 2.30. The number of hydrogen-bond donors (Lipinski definition) is 2. The zero-order valence-corrected chi connectivity index (χ0v) is 17.2. The maximum absolute atomic E-state index is 12.5. The van der Waals surface area contributed by atoms with Gasteiger partial charge in [0.2, 0.25) is 11.6 Å². The van der Waals surface area contributed by atoms with Crippen LogP contribution in [0.25, 0.3) is 11.1 Å². The fourth-order valence-corrected chi connectivity index (χ4v) is 3.16. The van der Waals surface area contributed by atoms with Gasteiger partial charge in [0.15, 0.2) is 0 Å². The van der Waals surface area contributed by atoms with Crippen molar-refractivity contribution in [2.45, 2.75) is 32.8 Å². The van der Waals surface area contributed by atoms with Crippen LogP contribution in [-0.4, -0.2) is 42.3 Å². The number of nitrogens with one attached hydrogen (secondary N) is 2. The van der Waals surface area contributed by atoms with Crippen molar-refractivity contribution in [3.63, 3.8) is 0 Å². The second kappa shape index (κ2) is 8.49. The zero-order chi connectivity index (χ0) is 21.9. The highest BCUT2D eigenvalue weighted by Crippen LogP contribution is 2.33. The van der Waals surface area contributed by atoms with Crippen molar-refractivity contribution >= 4 is 23.6 Å². The minimum Gasteiger partial charge on any atom is -0.444 e. The lowest BCUT2D eigenvalue weighted by molar-refractivity contribution is 0.0527. The standard InChI is InChI=1S/C23H24N2O5/c1-23(2,3)30-22(29)25-12-6-11-24-21(28)14-9-10-17-18(13-14)15-7-4-5-8-16(15)19(26)20(17)27/h4-5,7-10,13H,6,11-12H2,1-3H3,(H,24,28)(H,25,29). The van der Waals surface area contributed by atoms with Crippen LogP contribution in [0.2, 0.25) is 0 Å². The zero-order valence-electron chi connectivity index (χ0n) is 17.2. The molecule has 2 aromatic rings. The molecule has 0 saturated carbocycles. The predicted molar refractivity (Wildman–Crippen MR) is 112 cm³/mol. The van der Waals surface area contributed by atoms with Crippen LogP contribution in [-0.2, 0) is 4.74 Å². The summed E-state index contributed by atoms with van der Waals surface area (Å²) in [5.74, 6) is -1.39. The molecule has 7 nitrogen and oxygen atoms in total. The molecule has 0 aromatic heterocycles. The number of Topliss-reactive ketones (excluding diaryl/α,β-unsaturated/α-hetero) is 2. The summed E-state index contributed by atoms with van der Waals surface area (Å²) in [4.78, 5) is 48.7. The predicted octanol–water partition coefficient (Wildman–Crippen LogP) is 3.38. The Hall–Kier alpha value is -3.48. The second-order valence-electron chi connectivity index (χ2n) is 8.00. The van der Waals surface area contributed by atoms with Gasteiger partial charge in [-0.2, -0.15) is 0 Å². The lowest BCUT2D eigenvalue weighted by atomic mass is 9.83. The lowest BCUT2D eigenvalue weighted by Crippen LogP contribution is -2.34. The number of carbonyl (C=O) groups is 4. The van der Waals surface area contributed by atoms with E-state index in [2.05, 4.69) is 10.6 Å². The average Bonchev–Trinajstić information content (AvgIpc) is 2.70. The summed E-state index contributed by atoms with van der Waals surface area (Å²) < 4.78 is 5.14. The van der Waals surface area contributed by atoms with Crippen molar-refractivity contribution < 1.29 is 23.9 Å². The molecule has 30 heavy (non-hydrogen) atoms. The van der Waals surface area contributed by atoms with Crippen LogP contribution in [0.5, 0.6) is 0 Å². The van der Waals surface area contributed by atoms with Crippen LogP contribution in [0.1, 0.15) is 58.3 Å². The molecule has 2 N–H and O–H groups in total. The summed E-state index contributed by atoms with van der Waals surface area (Å²) in [6, 6.07) is 11.6. The normalized spacial score (nSPS) is 12.6. The number of hydrogen-bond acceptors (Lipinski definition) is 5. The Labute approximate surface area is 174 Å². The van der Waals surface area contributed by atoms with Crippen molar-refractivity contribution in [3.8, 4) is 11.1 Å². The molecule has 0 unspecified atom stereocenters. The number of fused-ring (bicyclic) bond motifs is 3. The summed E-state index contributed by atoms with van der Waals surface area (Å²) in [5, 5.41) is 5.42. The third-order valence-electron chi connectivity index (χ3n) is 4.50. The summed E-state index contributed by atoms with van der Waals surface area (Å²) in [6.45, 7) is 6.08. The van der Waals surface area contributed by atoms with Crippen molar-refractivity contribution in [2.24, 2.45) is 0 Å². The molecule has 7 heteroatoms. The molecule has 0 aliphatic heterocycles. The van der Waals surface area contributed by atoms with E-state index >= 15 is 0 Å². The first-order valence-electron chi connectivity index (χ1n) is 9.75. The van der Waals surface area contributed by atoms with Gasteiger partial charge < -0.3 is 15.4 Å². The van der Waals surface area contributed by atoms with Gasteiger partial charge in [-0.1, -0.05) is 24.3 Å². The van der Waals surface area contributed by atoms with Crippen LogP contribution < -0.4 is 10.6 Å². The second-order valence-corrected chi connectivity index (χ2v) is 8.00. The van der Waals surface area contributed by atoms with Crippen molar-refractivity contribution in [3.05, 3.63) is 59.2 Å². The van der Waals surface area contributed by atoms with Crippen molar-refractivity contribution in [1.82, 2.24) is 10.6 Å². The molecule has 0 heterocycles. The van der Waals surface area contributed by atoms with Gasteiger partial charge in [0.05, 0.1) is 0 Å². The third kappa shape index (κ3) is 4.74. The molecule has 0 radical (unpaired) electrons. The van der Waals surface area contributed by atoms with E-state index in [1.165, 1.54) is 12.1 Å². The summed E-state index contributed by atoms with van der Waals surface area (Å²) >= 11 is 0. The van der Waals surface area contributed by atoms with E-state index in [4.69, 9.17) is 4.74 Å². The van der Waals surface area contributed by atoms with Crippen LogP contribution in [0.3, 0.4) is 0 Å². The number of amides is 2. The number of ketones is 2. The first-order valence-corrected chi connectivity index (χ1v) is 9.75. The molecule has 0 bridgehead atoms. The monoisotopic (exact) mass is 408 g/mol. The van der Waals surface area contributed by atoms with E-state index in [1.54, 1.807) is 51.1 Å². The summed E-state index contributed by atoms with van der Waals surface area (Å²) in [7, 11) is 0. The van der Waals surface area contributed by atoms with Crippen LogP contribution >= 0.6 is 0 Å². The molecule has 1 aliphatic carbocycles. The Morgan fingerprint density at radius 1 is 0.833 bits per heavy atom. The Morgan fingerprint density at radius 3 is 2.10 bits per heavy atom. The number of carbonyl (C=O) groups excluding carboxylic acids is 4. The van der Waals surface area contributed by atoms with E-state index in [9.17, 15) is 19.2 Å². The maximum atomic E-state index is 12.5. The number of alkyl carbamates (subject to hydrolysis) is 1. The van der Waals surface area contributed by atoms with Gasteiger partial charge in [-0.3, -0.25) is 14.4 Å². The fraction of sp³-hybridized carbons (Fsp3) is 0.304. The van der Waals surface area contributed by atoms with Gasteiger partial charge in [0, 0.05) is 29.8 Å². The van der Waals surface area contributed by atoms with Gasteiger partial charge in [-0.05, 0) is 56.5 Å². The van der Waals surface area contributed by atoms with Gasteiger partial charge >= 0.3 is 6.09 Å². The van der Waals surface area contributed by atoms with E-state index < -0.39 is 23.3 Å². The SMILES string of the molecule is CC(C)(C)OC(=O)NCCCNC(=O)c1ccc2c(c1)-c1ccccc1C(=O)C2=O. The Bertz CT molecular complexity index is 1020. The van der Waals surface area contributed by atoms with Gasteiger partial charge in [-0.15, -0.1) is 0 Å². The Morgan fingerprint density at radius 2 is 1.43 bits per heavy atom. The molecule has 0 atom stereocenters. The average molecular weight is 408 g/mol. The van der Waals surface area contributed by atoms with Gasteiger partial charge in [-0.25, -0.2) is 4.79 Å². The minimum atomic E-state index is -0.566. The van der Waals surface area contributed by atoms with Crippen molar-refractivity contribution in [2.75, 3.05) is 13.1 Å². The molecule has 3 rings (SSSR count). The minimum absolute atomic E-state index is 0.295. The van der Waals surface area contributed by atoms with E-state index in [0.717, 1.165) is 0 Å². The molecular formula is C23H24N2O5. The highest BCUT2D eigenvalue weighted by molar-refractivity contribution is 6.53. The molecule has 156 valence electrons. The molecule has 1 aliphatic rings. The molecule has 2 aromatic carbocycles. The molecule has 0 spiro atoms. The molecule has 2 amide bonds. The Kier molecular flexibility index (Phi) is 6.01. The first kappa shape index (κ1) is 21.2.